The highest BCUT2D eigenvalue weighted by molar-refractivity contribution is 5.73. The summed E-state index contributed by atoms with van der Waals surface area (Å²) in [6.45, 7) is 8.05. The average molecular weight is 279 g/mol. The third kappa shape index (κ3) is 4.51. The van der Waals surface area contributed by atoms with Crippen LogP contribution in [0.15, 0.2) is 29.5 Å². The van der Waals surface area contributed by atoms with E-state index in [1.54, 1.807) is 6.08 Å². The topological polar surface area (TPSA) is 58.9 Å². The first-order valence-electron chi connectivity index (χ1n) is 7.30. The molecule has 1 rings (SSSR count). The Kier molecular flexibility index (Phi) is 7.05. The predicted molar refractivity (Wildman–Crippen MR) is 79.8 cm³/mol. The maximum absolute atomic E-state index is 11.8. The molecule has 0 aromatic heterocycles. The van der Waals surface area contributed by atoms with Crippen LogP contribution in [0, 0.1) is 17.8 Å². The van der Waals surface area contributed by atoms with Gasteiger partial charge >= 0.3 is 5.97 Å². The van der Waals surface area contributed by atoms with Gasteiger partial charge in [0.15, 0.2) is 0 Å². The van der Waals surface area contributed by atoms with Crippen molar-refractivity contribution in [3.63, 3.8) is 0 Å². The van der Waals surface area contributed by atoms with Gasteiger partial charge in [-0.05, 0) is 49.7 Å². The van der Waals surface area contributed by atoms with E-state index in [0.29, 0.717) is 18.4 Å². The minimum atomic E-state index is -0.0980. The molecule has 0 aliphatic heterocycles. The molecule has 112 valence electrons. The molecule has 0 heterocycles. The summed E-state index contributed by atoms with van der Waals surface area (Å²) in [4.78, 5) is 11.8. The van der Waals surface area contributed by atoms with Gasteiger partial charge in [-0.15, -0.1) is 0 Å². The second kappa shape index (κ2) is 8.56. The molecular formula is C16H25NO3. The minimum absolute atomic E-state index is 0.0599. The first-order valence-corrected chi connectivity index (χ1v) is 7.30. The van der Waals surface area contributed by atoms with Crippen molar-refractivity contribution in [3.05, 3.63) is 24.3 Å². The largest absolute Gasteiger partial charge is 0.466 e. The lowest BCUT2D eigenvalue weighted by Gasteiger charge is -2.32. The third-order valence-electron chi connectivity index (χ3n) is 4.12. The Labute approximate surface area is 121 Å². The maximum Gasteiger partial charge on any atom is 0.308 e. The van der Waals surface area contributed by atoms with Crippen LogP contribution in [0.25, 0.3) is 0 Å². The Morgan fingerprint density at radius 2 is 2.30 bits per heavy atom. The van der Waals surface area contributed by atoms with E-state index in [0.717, 1.165) is 31.3 Å². The summed E-state index contributed by atoms with van der Waals surface area (Å²) in [5.74, 6) is 0.567. The summed E-state index contributed by atoms with van der Waals surface area (Å²) in [5.41, 5.74) is 1.07. The van der Waals surface area contributed by atoms with Crippen molar-refractivity contribution in [2.45, 2.75) is 39.5 Å². The Hall–Kier alpha value is -1.58. The first-order chi connectivity index (χ1) is 9.63. The quantitative estimate of drug-likeness (QED) is 0.266. The predicted octanol–water partition coefficient (Wildman–Crippen LogP) is 3.56. The van der Waals surface area contributed by atoms with Gasteiger partial charge in [0, 0.05) is 0 Å². The SMILES string of the molecule is C=C/C(=C\C=N\O)C1CCCC(C(C)C(=O)OCC)C1. The summed E-state index contributed by atoms with van der Waals surface area (Å²) < 4.78 is 5.12. The van der Waals surface area contributed by atoms with Crippen molar-refractivity contribution >= 4 is 12.2 Å². The molecule has 0 radical (unpaired) electrons. The van der Waals surface area contributed by atoms with Crippen molar-refractivity contribution in [2.24, 2.45) is 22.9 Å². The summed E-state index contributed by atoms with van der Waals surface area (Å²) in [5, 5.41) is 11.5. The molecule has 0 aromatic carbocycles. The van der Waals surface area contributed by atoms with Crippen LogP contribution >= 0.6 is 0 Å². The van der Waals surface area contributed by atoms with E-state index in [-0.39, 0.29) is 11.9 Å². The molecule has 0 saturated heterocycles. The van der Waals surface area contributed by atoms with Gasteiger partial charge in [-0.3, -0.25) is 4.79 Å². The highest BCUT2D eigenvalue weighted by atomic mass is 16.5. The zero-order valence-corrected chi connectivity index (χ0v) is 12.4. The molecule has 0 aromatic rings. The van der Waals surface area contributed by atoms with Gasteiger partial charge in [-0.25, -0.2) is 0 Å². The van der Waals surface area contributed by atoms with Crippen molar-refractivity contribution in [3.8, 4) is 0 Å². The molecule has 1 saturated carbocycles. The molecule has 0 spiro atoms. The van der Waals surface area contributed by atoms with Gasteiger partial charge in [0.2, 0.25) is 0 Å². The Morgan fingerprint density at radius 3 is 2.90 bits per heavy atom. The molecule has 3 unspecified atom stereocenters. The van der Waals surface area contributed by atoms with Gasteiger partial charge in [0.25, 0.3) is 0 Å². The van der Waals surface area contributed by atoms with E-state index in [9.17, 15) is 4.79 Å². The molecule has 0 amide bonds. The fraction of sp³-hybridized carbons (Fsp3) is 0.625. The molecule has 0 bridgehead atoms. The van der Waals surface area contributed by atoms with E-state index in [4.69, 9.17) is 9.94 Å². The number of carbonyl (C=O) groups excluding carboxylic acids is 1. The first kappa shape index (κ1) is 16.5. The zero-order chi connectivity index (χ0) is 15.0. The minimum Gasteiger partial charge on any atom is -0.466 e. The number of oxime groups is 1. The molecule has 1 aliphatic rings. The van der Waals surface area contributed by atoms with Crippen LogP contribution in [-0.2, 0) is 9.53 Å². The molecule has 3 atom stereocenters. The van der Waals surface area contributed by atoms with E-state index in [2.05, 4.69) is 11.7 Å². The molecule has 1 aliphatic carbocycles. The number of nitrogens with zero attached hydrogens (tertiary/aromatic N) is 1. The summed E-state index contributed by atoms with van der Waals surface area (Å²) in [6, 6.07) is 0. The molecule has 4 nitrogen and oxygen atoms in total. The normalized spacial score (nSPS) is 25.4. The molecular weight excluding hydrogens is 254 g/mol. The summed E-state index contributed by atoms with van der Waals surface area (Å²) >= 11 is 0. The monoisotopic (exact) mass is 279 g/mol. The fourth-order valence-corrected chi connectivity index (χ4v) is 2.94. The Bertz CT molecular complexity index is 387. The van der Waals surface area contributed by atoms with Crippen LogP contribution in [0.1, 0.15) is 39.5 Å². The van der Waals surface area contributed by atoms with E-state index < -0.39 is 0 Å². The number of hydrogen-bond acceptors (Lipinski definition) is 4. The highest BCUT2D eigenvalue weighted by Crippen LogP contribution is 2.37. The molecule has 4 heteroatoms. The van der Waals surface area contributed by atoms with Crippen LogP contribution in [-0.4, -0.2) is 24.0 Å². The van der Waals surface area contributed by atoms with Crippen molar-refractivity contribution in [2.75, 3.05) is 6.61 Å². The van der Waals surface area contributed by atoms with E-state index in [1.165, 1.54) is 6.21 Å². The van der Waals surface area contributed by atoms with Gasteiger partial charge in [-0.2, -0.15) is 0 Å². The third-order valence-corrected chi connectivity index (χ3v) is 4.12. The van der Waals surface area contributed by atoms with Crippen LogP contribution < -0.4 is 0 Å². The molecule has 1 fully saturated rings. The summed E-state index contributed by atoms with van der Waals surface area (Å²) in [6.07, 6.45) is 9.17. The van der Waals surface area contributed by atoms with Crippen LogP contribution in [0.4, 0.5) is 0 Å². The van der Waals surface area contributed by atoms with Crippen LogP contribution in [0.5, 0.6) is 0 Å². The zero-order valence-electron chi connectivity index (χ0n) is 12.4. The number of allylic oxidation sites excluding steroid dienone is 3. The maximum atomic E-state index is 11.8. The second-order valence-electron chi connectivity index (χ2n) is 5.30. The highest BCUT2D eigenvalue weighted by Gasteiger charge is 2.31. The van der Waals surface area contributed by atoms with Crippen molar-refractivity contribution < 1.29 is 14.7 Å². The van der Waals surface area contributed by atoms with Gasteiger partial charge in [0.05, 0.1) is 18.7 Å². The van der Waals surface area contributed by atoms with Crippen molar-refractivity contribution in [1.29, 1.82) is 0 Å². The van der Waals surface area contributed by atoms with Crippen LogP contribution in [0.3, 0.4) is 0 Å². The fourth-order valence-electron chi connectivity index (χ4n) is 2.94. The smallest absolute Gasteiger partial charge is 0.308 e. The number of esters is 1. The average Bonchev–Trinajstić information content (AvgIpc) is 2.48. The standard InChI is InChI=1S/C16H25NO3/c1-4-13(9-10-17-19)15-8-6-7-14(11-15)12(3)16(18)20-5-2/h4,9-10,12,14-15,19H,1,5-8,11H2,2-3H3/b13-9+,17-10+. The van der Waals surface area contributed by atoms with Gasteiger partial charge < -0.3 is 9.94 Å². The number of rotatable bonds is 6. The lowest BCUT2D eigenvalue weighted by atomic mass is 9.73. The lowest BCUT2D eigenvalue weighted by Crippen LogP contribution is -2.28. The van der Waals surface area contributed by atoms with Crippen LogP contribution in [0.2, 0.25) is 0 Å². The van der Waals surface area contributed by atoms with E-state index in [1.807, 2.05) is 19.9 Å². The molecule has 1 N–H and O–H groups in total. The lowest BCUT2D eigenvalue weighted by molar-refractivity contribution is -0.149. The Balaban J connectivity index is 2.70. The van der Waals surface area contributed by atoms with E-state index >= 15 is 0 Å². The molecule has 20 heavy (non-hydrogen) atoms. The number of carbonyl (C=O) groups is 1. The summed E-state index contributed by atoms with van der Waals surface area (Å²) in [7, 11) is 0. The number of hydrogen-bond donors (Lipinski definition) is 1. The second-order valence-corrected chi connectivity index (χ2v) is 5.30. The number of ether oxygens (including phenoxy) is 1. The Morgan fingerprint density at radius 1 is 1.55 bits per heavy atom. The van der Waals surface area contributed by atoms with Crippen molar-refractivity contribution in [1.82, 2.24) is 0 Å². The van der Waals surface area contributed by atoms with Gasteiger partial charge in [-0.1, -0.05) is 31.2 Å². The van der Waals surface area contributed by atoms with Gasteiger partial charge in [0.1, 0.15) is 0 Å².